The molecular weight excluding hydrogens is 364 g/mol. The van der Waals surface area contributed by atoms with Crippen molar-refractivity contribution in [1.82, 2.24) is 14.5 Å². The average molecular weight is 390 g/mol. The Kier molecular flexibility index (Phi) is 5.20. The Morgan fingerprint density at radius 1 is 1.10 bits per heavy atom. The summed E-state index contributed by atoms with van der Waals surface area (Å²) in [5, 5.41) is 0. The van der Waals surface area contributed by atoms with Gasteiger partial charge in [0.1, 0.15) is 0 Å². The minimum absolute atomic E-state index is 0.0340. The van der Waals surface area contributed by atoms with Crippen molar-refractivity contribution in [2.45, 2.75) is 26.5 Å². The van der Waals surface area contributed by atoms with Crippen molar-refractivity contribution in [1.29, 1.82) is 0 Å². The van der Waals surface area contributed by atoms with Gasteiger partial charge in [0.2, 0.25) is 5.95 Å². The first-order valence-corrected chi connectivity index (χ1v) is 9.82. The molecule has 0 aliphatic carbocycles. The van der Waals surface area contributed by atoms with Crippen LogP contribution in [0, 0.1) is 5.41 Å². The normalized spacial score (nSPS) is 16.3. The van der Waals surface area contributed by atoms with E-state index in [0.717, 1.165) is 17.7 Å². The fourth-order valence-corrected chi connectivity index (χ4v) is 3.95. The molecule has 1 unspecified atom stereocenters. The molecule has 0 saturated carbocycles. The largest absolute Gasteiger partial charge is 0.375 e. The first kappa shape index (κ1) is 19.3. The number of benzene rings is 1. The molecule has 0 saturated heterocycles. The Morgan fingerprint density at radius 2 is 1.83 bits per heavy atom. The van der Waals surface area contributed by atoms with Gasteiger partial charge in [-0.2, -0.15) is 0 Å². The van der Waals surface area contributed by atoms with Gasteiger partial charge in [0.15, 0.2) is 0 Å². The van der Waals surface area contributed by atoms with Crippen molar-refractivity contribution >= 4 is 5.95 Å². The maximum atomic E-state index is 13.0. The summed E-state index contributed by atoms with van der Waals surface area (Å²) >= 11 is 0. The molecule has 1 aliphatic heterocycles. The molecule has 1 aliphatic rings. The molecule has 6 heteroatoms. The number of pyridine rings is 1. The third kappa shape index (κ3) is 4.07. The maximum Gasteiger partial charge on any atom is 0.255 e. The summed E-state index contributed by atoms with van der Waals surface area (Å²) in [6.45, 7) is 6.42. The summed E-state index contributed by atoms with van der Waals surface area (Å²) in [7, 11) is 1.72. The summed E-state index contributed by atoms with van der Waals surface area (Å²) in [4.78, 5) is 24.1. The number of ether oxygens (including phenoxy) is 1. The van der Waals surface area contributed by atoms with Crippen LogP contribution in [0.25, 0.3) is 11.3 Å². The van der Waals surface area contributed by atoms with Crippen LogP contribution in [0.15, 0.2) is 65.7 Å². The molecule has 3 heterocycles. The van der Waals surface area contributed by atoms with Gasteiger partial charge in [-0.15, -0.1) is 0 Å². The van der Waals surface area contributed by atoms with E-state index in [1.807, 2.05) is 30.3 Å². The fourth-order valence-electron chi connectivity index (χ4n) is 3.95. The molecule has 1 aromatic carbocycles. The first-order chi connectivity index (χ1) is 14.0. The van der Waals surface area contributed by atoms with Crippen LogP contribution < -0.4 is 10.5 Å². The molecule has 6 nitrogen and oxygen atoms in total. The van der Waals surface area contributed by atoms with Gasteiger partial charge < -0.3 is 9.64 Å². The van der Waals surface area contributed by atoms with Crippen LogP contribution in [0.5, 0.6) is 0 Å². The molecule has 4 rings (SSSR count). The minimum atomic E-state index is -0.111. The number of hydrogen-bond donors (Lipinski definition) is 0. The smallest absolute Gasteiger partial charge is 0.255 e. The number of methoxy groups -OCH3 is 1. The van der Waals surface area contributed by atoms with Crippen molar-refractivity contribution < 1.29 is 4.74 Å². The monoisotopic (exact) mass is 390 g/mol. The Hall–Kier alpha value is -2.99. The van der Waals surface area contributed by atoms with Crippen LogP contribution in [0.1, 0.15) is 25.5 Å². The summed E-state index contributed by atoms with van der Waals surface area (Å²) in [5.74, 6) is 0.696. The number of anilines is 1. The van der Waals surface area contributed by atoms with E-state index in [1.165, 1.54) is 0 Å². The summed E-state index contributed by atoms with van der Waals surface area (Å²) in [6, 6.07) is 15.5. The molecule has 29 heavy (non-hydrogen) atoms. The van der Waals surface area contributed by atoms with E-state index in [1.54, 1.807) is 30.1 Å². The zero-order valence-corrected chi connectivity index (χ0v) is 17.1. The minimum Gasteiger partial charge on any atom is -0.375 e. The molecule has 0 amide bonds. The van der Waals surface area contributed by atoms with Crippen LogP contribution in [-0.4, -0.2) is 34.7 Å². The molecule has 0 radical (unpaired) electrons. The molecule has 0 bridgehead atoms. The number of aromatic nitrogens is 3. The van der Waals surface area contributed by atoms with Crippen LogP contribution in [-0.2, 0) is 11.3 Å². The van der Waals surface area contributed by atoms with Crippen LogP contribution in [0.3, 0.4) is 0 Å². The number of rotatable bonds is 5. The van der Waals surface area contributed by atoms with E-state index in [4.69, 9.17) is 9.72 Å². The van der Waals surface area contributed by atoms with E-state index in [9.17, 15) is 4.79 Å². The molecular formula is C23H26N4O2. The lowest BCUT2D eigenvalue weighted by molar-refractivity contribution is 0.103. The summed E-state index contributed by atoms with van der Waals surface area (Å²) in [5.41, 5.74) is 2.58. The van der Waals surface area contributed by atoms with Crippen LogP contribution in [0.4, 0.5) is 5.95 Å². The highest BCUT2D eigenvalue weighted by Gasteiger charge is 2.33. The number of hydrogen-bond acceptors (Lipinski definition) is 5. The molecule has 0 spiro atoms. The summed E-state index contributed by atoms with van der Waals surface area (Å²) < 4.78 is 7.59. The van der Waals surface area contributed by atoms with E-state index in [0.29, 0.717) is 24.7 Å². The summed E-state index contributed by atoms with van der Waals surface area (Å²) in [6.07, 6.45) is 3.32. The topological polar surface area (TPSA) is 60.2 Å². The van der Waals surface area contributed by atoms with Crippen LogP contribution >= 0.6 is 0 Å². The van der Waals surface area contributed by atoms with Crippen LogP contribution in [0.2, 0.25) is 0 Å². The van der Waals surface area contributed by atoms with E-state index >= 15 is 0 Å². The number of nitrogens with zero attached hydrogens (tertiary/aromatic N) is 4. The molecule has 1 atom stereocenters. The van der Waals surface area contributed by atoms with Gasteiger partial charge in [0.05, 0.1) is 18.3 Å². The van der Waals surface area contributed by atoms with Gasteiger partial charge in [-0.3, -0.25) is 14.3 Å². The second kappa shape index (κ2) is 7.79. The molecule has 150 valence electrons. The quantitative estimate of drug-likeness (QED) is 0.667. The van der Waals surface area contributed by atoms with E-state index in [-0.39, 0.29) is 17.1 Å². The van der Waals surface area contributed by atoms with Gasteiger partial charge in [0.25, 0.3) is 5.56 Å². The predicted molar refractivity (Wildman–Crippen MR) is 114 cm³/mol. The molecule has 0 N–H and O–H groups in total. The third-order valence-electron chi connectivity index (χ3n) is 5.29. The first-order valence-electron chi connectivity index (χ1n) is 9.82. The molecule has 3 aromatic rings. The Balaban J connectivity index is 1.76. The van der Waals surface area contributed by atoms with Gasteiger partial charge >= 0.3 is 0 Å². The van der Waals surface area contributed by atoms with Gasteiger partial charge in [-0.1, -0.05) is 44.2 Å². The highest BCUT2D eigenvalue weighted by molar-refractivity contribution is 5.59. The average Bonchev–Trinajstić information content (AvgIpc) is 2.73. The van der Waals surface area contributed by atoms with Crippen molar-refractivity contribution in [2.24, 2.45) is 5.41 Å². The zero-order valence-electron chi connectivity index (χ0n) is 17.1. The molecule has 2 aromatic heterocycles. The fraction of sp³-hybridized carbons (Fsp3) is 0.348. The SMILES string of the molecule is COC(CN1CC(C)(C)Cn2c1nc(-c1ccncc1)cc2=O)c1ccccc1. The Morgan fingerprint density at radius 3 is 2.52 bits per heavy atom. The second-order valence-corrected chi connectivity index (χ2v) is 8.28. The standard InChI is InChI=1S/C23H26N4O2/c1-23(2)15-26(14-20(29-3)18-7-5-4-6-8-18)22-25-19(13-21(28)27(22)16-23)17-9-11-24-12-10-17/h4-13,20H,14-16H2,1-3H3. The lowest BCUT2D eigenvalue weighted by Gasteiger charge is -2.41. The van der Waals surface area contributed by atoms with Crippen molar-refractivity contribution in [2.75, 3.05) is 25.1 Å². The van der Waals surface area contributed by atoms with E-state index in [2.05, 4.69) is 35.9 Å². The Bertz CT molecular complexity index is 1030. The lowest BCUT2D eigenvalue weighted by Crippen LogP contribution is -2.48. The van der Waals surface area contributed by atoms with Gasteiger partial charge in [-0.05, 0) is 17.7 Å². The lowest BCUT2D eigenvalue weighted by atomic mass is 9.90. The third-order valence-corrected chi connectivity index (χ3v) is 5.29. The van der Waals surface area contributed by atoms with Gasteiger partial charge in [-0.25, -0.2) is 4.98 Å². The maximum absolute atomic E-state index is 13.0. The highest BCUT2D eigenvalue weighted by atomic mass is 16.5. The van der Waals surface area contributed by atoms with Crippen molar-refractivity contribution in [3.63, 3.8) is 0 Å². The number of fused-ring (bicyclic) bond motifs is 1. The predicted octanol–water partition coefficient (Wildman–Crippen LogP) is 3.54. The zero-order chi connectivity index (χ0) is 20.4. The molecule has 0 fully saturated rings. The van der Waals surface area contributed by atoms with Gasteiger partial charge in [0, 0.05) is 49.6 Å². The Labute approximate surface area is 170 Å². The highest BCUT2D eigenvalue weighted by Crippen LogP contribution is 2.32. The van der Waals surface area contributed by atoms with Crippen molar-refractivity contribution in [3.05, 3.63) is 76.8 Å². The second-order valence-electron chi connectivity index (χ2n) is 8.28. The van der Waals surface area contributed by atoms with E-state index < -0.39 is 0 Å². The van der Waals surface area contributed by atoms with Crippen molar-refractivity contribution in [3.8, 4) is 11.3 Å².